The summed E-state index contributed by atoms with van der Waals surface area (Å²) in [6, 6.07) is 7.73. The summed E-state index contributed by atoms with van der Waals surface area (Å²) in [7, 11) is 0. The molecule has 1 aliphatic rings. The van der Waals surface area contributed by atoms with Crippen molar-refractivity contribution in [1.29, 1.82) is 0 Å². The van der Waals surface area contributed by atoms with Crippen LogP contribution in [0.3, 0.4) is 0 Å². The Hall–Kier alpha value is -1.71. The minimum Gasteiger partial charge on any atom is -0.381 e. The lowest BCUT2D eigenvalue weighted by Gasteiger charge is -2.27. The Morgan fingerprint density at radius 1 is 1.44 bits per heavy atom. The summed E-state index contributed by atoms with van der Waals surface area (Å²) in [5, 5.41) is 9.37. The number of carbonyl (C=O) groups is 1. The SMILES string of the molecule is CCCNC(=O)C1CNc2ccccc2N1. The molecule has 0 aliphatic carbocycles. The molecule has 0 bridgehead atoms. The van der Waals surface area contributed by atoms with Crippen LogP contribution in [0.1, 0.15) is 13.3 Å². The average Bonchev–Trinajstić information content (AvgIpc) is 2.35. The maximum atomic E-state index is 11.8. The maximum Gasteiger partial charge on any atom is 0.244 e. The monoisotopic (exact) mass is 219 g/mol. The molecule has 1 unspecified atom stereocenters. The normalized spacial score (nSPS) is 17.9. The van der Waals surface area contributed by atoms with Gasteiger partial charge >= 0.3 is 0 Å². The number of fused-ring (bicyclic) bond motifs is 1. The second-order valence-corrected chi connectivity index (χ2v) is 3.91. The van der Waals surface area contributed by atoms with Crippen molar-refractivity contribution in [3.8, 4) is 0 Å². The molecule has 0 fully saturated rings. The first-order chi connectivity index (χ1) is 7.81. The van der Waals surface area contributed by atoms with Crippen molar-refractivity contribution in [1.82, 2.24) is 5.32 Å². The zero-order chi connectivity index (χ0) is 11.4. The predicted octanol–water partition coefficient (Wildman–Crippen LogP) is 1.42. The fraction of sp³-hybridized carbons (Fsp3) is 0.417. The van der Waals surface area contributed by atoms with Crippen LogP contribution in [0.4, 0.5) is 11.4 Å². The first kappa shape index (κ1) is 10.8. The number of hydrogen-bond acceptors (Lipinski definition) is 3. The molecule has 0 saturated heterocycles. The van der Waals surface area contributed by atoms with E-state index in [0.29, 0.717) is 6.54 Å². The number of carbonyl (C=O) groups excluding carboxylic acids is 1. The van der Waals surface area contributed by atoms with Crippen LogP contribution in [0.2, 0.25) is 0 Å². The molecule has 4 heteroatoms. The minimum atomic E-state index is -0.179. The van der Waals surface area contributed by atoms with Gasteiger partial charge in [-0.2, -0.15) is 0 Å². The van der Waals surface area contributed by atoms with Crippen LogP contribution in [0.5, 0.6) is 0 Å². The van der Waals surface area contributed by atoms with Crippen molar-refractivity contribution < 1.29 is 4.79 Å². The number of para-hydroxylation sites is 2. The molecule has 1 aromatic rings. The molecule has 0 spiro atoms. The highest BCUT2D eigenvalue weighted by Gasteiger charge is 2.22. The number of hydrogen-bond donors (Lipinski definition) is 3. The quantitative estimate of drug-likeness (QED) is 0.720. The fourth-order valence-electron chi connectivity index (χ4n) is 1.74. The van der Waals surface area contributed by atoms with Gasteiger partial charge in [0.15, 0.2) is 0 Å². The minimum absolute atomic E-state index is 0.0591. The molecule has 0 radical (unpaired) electrons. The molecule has 4 nitrogen and oxygen atoms in total. The van der Waals surface area contributed by atoms with E-state index in [9.17, 15) is 4.79 Å². The highest BCUT2D eigenvalue weighted by Crippen LogP contribution is 2.24. The highest BCUT2D eigenvalue weighted by atomic mass is 16.2. The first-order valence-corrected chi connectivity index (χ1v) is 5.68. The lowest BCUT2D eigenvalue weighted by Crippen LogP contribution is -2.46. The maximum absolute atomic E-state index is 11.8. The van der Waals surface area contributed by atoms with Gasteiger partial charge in [-0.15, -0.1) is 0 Å². The van der Waals surface area contributed by atoms with Gasteiger partial charge in [0, 0.05) is 13.1 Å². The second-order valence-electron chi connectivity index (χ2n) is 3.91. The van der Waals surface area contributed by atoms with Gasteiger partial charge in [0.2, 0.25) is 5.91 Å². The summed E-state index contributed by atoms with van der Waals surface area (Å²) < 4.78 is 0. The van der Waals surface area contributed by atoms with Gasteiger partial charge in [-0.1, -0.05) is 19.1 Å². The summed E-state index contributed by atoms with van der Waals surface area (Å²) in [4.78, 5) is 11.8. The van der Waals surface area contributed by atoms with Gasteiger partial charge < -0.3 is 16.0 Å². The van der Waals surface area contributed by atoms with E-state index in [0.717, 1.165) is 24.3 Å². The number of nitrogens with one attached hydrogen (secondary N) is 3. The average molecular weight is 219 g/mol. The Kier molecular flexibility index (Phi) is 3.29. The van der Waals surface area contributed by atoms with E-state index in [1.165, 1.54) is 0 Å². The van der Waals surface area contributed by atoms with E-state index in [1.54, 1.807) is 0 Å². The lowest BCUT2D eigenvalue weighted by molar-refractivity contribution is -0.121. The van der Waals surface area contributed by atoms with Crippen LogP contribution in [0.25, 0.3) is 0 Å². The molecule has 2 rings (SSSR count). The summed E-state index contributed by atoms with van der Waals surface area (Å²) in [6.45, 7) is 3.41. The van der Waals surface area contributed by atoms with Crippen LogP contribution >= 0.6 is 0 Å². The zero-order valence-corrected chi connectivity index (χ0v) is 9.42. The third-order valence-electron chi connectivity index (χ3n) is 2.62. The van der Waals surface area contributed by atoms with Gasteiger partial charge in [-0.05, 0) is 18.6 Å². The molecule has 86 valence electrons. The predicted molar refractivity (Wildman–Crippen MR) is 65.6 cm³/mol. The summed E-state index contributed by atoms with van der Waals surface area (Å²) in [5.74, 6) is 0.0591. The molecular formula is C12H17N3O. The van der Waals surface area contributed by atoms with E-state index in [4.69, 9.17) is 0 Å². The van der Waals surface area contributed by atoms with Crippen molar-refractivity contribution in [2.24, 2.45) is 0 Å². The van der Waals surface area contributed by atoms with Crippen LogP contribution in [0, 0.1) is 0 Å². The Labute approximate surface area is 95.4 Å². The van der Waals surface area contributed by atoms with E-state index in [1.807, 2.05) is 31.2 Å². The molecule has 0 aromatic heterocycles. The Balaban J connectivity index is 1.99. The summed E-state index contributed by atoms with van der Waals surface area (Å²) in [6.07, 6.45) is 0.961. The van der Waals surface area contributed by atoms with Crippen molar-refractivity contribution in [2.45, 2.75) is 19.4 Å². The lowest BCUT2D eigenvalue weighted by atomic mass is 10.1. The number of benzene rings is 1. The molecular weight excluding hydrogens is 202 g/mol. The molecule has 1 heterocycles. The van der Waals surface area contributed by atoms with Gasteiger partial charge in [-0.3, -0.25) is 4.79 Å². The topological polar surface area (TPSA) is 53.2 Å². The molecule has 1 amide bonds. The molecule has 1 aliphatic heterocycles. The summed E-state index contributed by atoms with van der Waals surface area (Å²) in [5.41, 5.74) is 2.05. The molecule has 3 N–H and O–H groups in total. The van der Waals surface area contributed by atoms with Gasteiger partial charge in [0.1, 0.15) is 6.04 Å². The van der Waals surface area contributed by atoms with Crippen LogP contribution in [-0.2, 0) is 4.79 Å². The fourth-order valence-corrected chi connectivity index (χ4v) is 1.74. The second kappa shape index (κ2) is 4.88. The van der Waals surface area contributed by atoms with E-state index >= 15 is 0 Å². The Morgan fingerprint density at radius 3 is 2.94 bits per heavy atom. The molecule has 1 aromatic carbocycles. The van der Waals surface area contributed by atoms with Crippen molar-refractivity contribution in [3.63, 3.8) is 0 Å². The Bertz CT molecular complexity index is 378. The molecule has 1 atom stereocenters. The smallest absolute Gasteiger partial charge is 0.244 e. The third kappa shape index (κ3) is 2.27. The number of amides is 1. The number of rotatable bonds is 3. The van der Waals surface area contributed by atoms with Crippen molar-refractivity contribution >= 4 is 17.3 Å². The van der Waals surface area contributed by atoms with E-state index in [-0.39, 0.29) is 11.9 Å². The molecule has 0 saturated carbocycles. The van der Waals surface area contributed by atoms with Gasteiger partial charge in [0.25, 0.3) is 0 Å². The highest BCUT2D eigenvalue weighted by molar-refractivity contribution is 5.88. The Morgan fingerprint density at radius 2 is 2.19 bits per heavy atom. The van der Waals surface area contributed by atoms with Gasteiger partial charge in [0.05, 0.1) is 11.4 Å². The van der Waals surface area contributed by atoms with E-state index in [2.05, 4.69) is 16.0 Å². The van der Waals surface area contributed by atoms with E-state index < -0.39 is 0 Å². The van der Waals surface area contributed by atoms with Crippen LogP contribution in [0.15, 0.2) is 24.3 Å². The molecule has 16 heavy (non-hydrogen) atoms. The van der Waals surface area contributed by atoms with Crippen LogP contribution < -0.4 is 16.0 Å². The van der Waals surface area contributed by atoms with Crippen LogP contribution in [-0.4, -0.2) is 25.0 Å². The first-order valence-electron chi connectivity index (χ1n) is 5.68. The van der Waals surface area contributed by atoms with Gasteiger partial charge in [-0.25, -0.2) is 0 Å². The standard InChI is InChI=1S/C12H17N3O/c1-2-7-13-12(16)11-8-14-9-5-3-4-6-10(9)15-11/h3-6,11,14-15H,2,7-8H2,1H3,(H,13,16). The largest absolute Gasteiger partial charge is 0.381 e. The van der Waals surface area contributed by atoms with Crippen molar-refractivity contribution in [2.75, 3.05) is 23.7 Å². The zero-order valence-electron chi connectivity index (χ0n) is 9.42. The number of anilines is 2. The van der Waals surface area contributed by atoms with Crippen molar-refractivity contribution in [3.05, 3.63) is 24.3 Å². The summed E-state index contributed by atoms with van der Waals surface area (Å²) >= 11 is 0. The third-order valence-corrected chi connectivity index (χ3v) is 2.62.